The molecule has 184 valence electrons. The maximum Gasteiger partial charge on any atom is 0.135 e. The first-order valence-electron chi connectivity index (χ1n) is 13.4. The number of hydrogen-bond acceptors (Lipinski definition) is 1. The maximum absolute atomic E-state index is 6.04. The third-order valence-electron chi connectivity index (χ3n) is 7.80. The molecule has 0 aliphatic carbocycles. The lowest BCUT2D eigenvalue weighted by Crippen LogP contribution is -1.93. The molecule has 0 saturated carbocycles. The number of nitrogens with zero attached hydrogens (tertiary/aromatic N) is 1. The summed E-state index contributed by atoms with van der Waals surface area (Å²) in [5.41, 5.74) is 10.6. The molecule has 2 heteroatoms. The largest absolute Gasteiger partial charge is 0.456 e. The average molecular weight is 500 g/mol. The van der Waals surface area contributed by atoms with Crippen molar-refractivity contribution >= 4 is 43.7 Å². The lowest BCUT2D eigenvalue weighted by Gasteiger charge is -2.09. The van der Waals surface area contributed by atoms with E-state index in [4.69, 9.17) is 4.42 Å². The molecule has 0 fully saturated rings. The van der Waals surface area contributed by atoms with E-state index in [0.29, 0.717) is 0 Å². The molecular formula is C37H25NO. The summed E-state index contributed by atoms with van der Waals surface area (Å²) in [6.07, 6.45) is 0.880. The van der Waals surface area contributed by atoms with Gasteiger partial charge in [0.1, 0.15) is 11.2 Å². The second-order valence-electron chi connectivity index (χ2n) is 10.2. The number of rotatable bonds is 4. The first kappa shape index (κ1) is 22.0. The van der Waals surface area contributed by atoms with Gasteiger partial charge in [0.15, 0.2) is 0 Å². The van der Waals surface area contributed by atoms with Gasteiger partial charge in [-0.25, -0.2) is 0 Å². The molecule has 0 radical (unpaired) electrons. The van der Waals surface area contributed by atoms with Crippen molar-refractivity contribution < 1.29 is 4.42 Å². The Morgan fingerprint density at radius 1 is 0.436 bits per heavy atom. The Morgan fingerprint density at radius 2 is 1.15 bits per heavy atom. The lowest BCUT2D eigenvalue weighted by molar-refractivity contribution is 0.669. The van der Waals surface area contributed by atoms with Gasteiger partial charge in [-0.3, -0.25) is 0 Å². The second-order valence-corrected chi connectivity index (χ2v) is 10.2. The van der Waals surface area contributed by atoms with Crippen LogP contribution < -0.4 is 0 Å². The molecule has 0 saturated heterocycles. The summed E-state index contributed by atoms with van der Waals surface area (Å²) in [6, 6.07) is 49.9. The van der Waals surface area contributed by atoms with Gasteiger partial charge < -0.3 is 8.98 Å². The highest BCUT2D eigenvalue weighted by atomic mass is 16.3. The molecule has 2 heterocycles. The number of para-hydroxylation sites is 3. The summed E-state index contributed by atoms with van der Waals surface area (Å²) >= 11 is 0. The first-order valence-corrected chi connectivity index (χ1v) is 13.4. The SMILES string of the molecule is c1ccc(-n2c3ccccc3c3cc(Cc4cccc(-c5ccc6oc7ccccc7c6c5)c4)ccc32)cc1. The smallest absolute Gasteiger partial charge is 0.135 e. The van der Waals surface area contributed by atoms with Crippen LogP contribution in [0.25, 0.3) is 60.6 Å². The van der Waals surface area contributed by atoms with Gasteiger partial charge in [0.25, 0.3) is 0 Å². The molecule has 0 aliphatic heterocycles. The van der Waals surface area contributed by atoms with Gasteiger partial charge in [-0.1, -0.05) is 91.0 Å². The van der Waals surface area contributed by atoms with Crippen LogP contribution in [0.2, 0.25) is 0 Å². The summed E-state index contributed by atoms with van der Waals surface area (Å²) in [7, 11) is 0. The standard InChI is InChI=1S/C37H25NO/c1-2-11-29(12-3-1)38-34-15-6-4-13-30(34)32-23-26(17-19-35(32)38)21-25-9-8-10-27(22-25)28-18-20-37-33(24-28)31-14-5-7-16-36(31)39-37/h1-20,22-24H,21H2. The van der Waals surface area contributed by atoms with E-state index in [-0.39, 0.29) is 0 Å². The number of hydrogen-bond donors (Lipinski definition) is 0. The summed E-state index contributed by atoms with van der Waals surface area (Å²) < 4.78 is 8.41. The molecule has 0 aliphatic rings. The number of benzene rings is 6. The van der Waals surface area contributed by atoms with Crippen LogP contribution in [0.5, 0.6) is 0 Å². The van der Waals surface area contributed by atoms with E-state index in [1.807, 2.05) is 12.1 Å². The quantitative estimate of drug-likeness (QED) is 0.236. The van der Waals surface area contributed by atoms with Gasteiger partial charge in [0, 0.05) is 27.2 Å². The van der Waals surface area contributed by atoms with E-state index in [1.165, 1.54) is 49.7 Å². The molecule has 0 atom stereocenters. The second kappa shape index (κ2) is 8.75. The number of furan rings is 1. The van der Waals surface area contributed by atoms with Crippen molar-refractivity contribution in [2.75, 3.05) is 0 Å². The minimum atomic E-state index is 0.880. The highest BCUT2D eigenvalue weighted by Crippen LogP contribution is 2.34. The van der Waals surface area contributed by atoms with Gasteiger partial charge in [-0.15, -0.1) is 0 Å². The van der Waals surface area contributed by atoms with Crippen molar-refractivity contribution in [1.82, 2.24) is 4.57 Å². The van der Waals surface area contributed by atoms with Crippen molar-refractivity contribution in [1.29, 1.82) is 0 Å². The normalized spacial score (nSPS) is 11.7. The van der Waals surface area contributed by atoms with Gasteiger partial charge >= 0.3 is 0 Å². The average Bonchev–Trinajstić information content (AvgIpc) is 3.53. The number of fused-ring (bicyclic) bond motifs is 6. The first-order chi connectivity index (χ1) is 19.3. The maximum atomic E-state index is 6.04. The highest BCUT2D eigenvalue weighted by molar-refractivity contribution is 6.09. The molecule has 6 aromatic carbocycles. The monoisotopic (exact) mass is 499 g/mol. The Hall–Kier alpha value is -5.08. The van der Waals surface area contributed by atoms with Crippen LogP contribution in [0.4, 0.5) is 0 Å². The fourth-order valence-corrected chi connectivity index (χ4v) is 5.99. The van der Waals surface area contributed by atoms with Crippen molar-refractivity contribution in [3.8, 4) is 16.8 Å². The minimum absolute atomic E-state index is 0.880. The molecule has 2 nitrogen and oxygen atoms in total. The molecule has 8 aromatic rings. The van der Waals surface area contributed by atoms with Crippen LogP contribution in [0, 0.1) is 0 Å². The predicted molar refractivity (Wildman–Crippen MR) is 163 cm³/mol. The van der Waals surface area contributed by atoms with Gasteiger partial charge in [-0.2, -0.15) is 0 Å². The Labute approximate surface area is 226 Å². The fraction of sp³-hybridized carbons (Fsp3) is 0.0270. The molecule has 8 rings (SSSR count). The van der Waals surface area contributed by atoms with Crippen LogP contribution >= 0.6 is 0 Å². The van der Waals surface area contributed by atoms with E-state index in [0.717, 1.165) is 28.4 Å². The van der Waals surface area contributed by atoms with Crippen LogP contribution in [0.3, 0.4) is 0 Å². The van der Waals surface area contributed by atoms with E-state index in [9.17, 15) is 0 Å². The third-order valence-corrected chi connectivity index (χ3v) is 7.80. The van der Waals surface area contributed by atoms with Crippen LogP contribution in [0.1, 0.15) is 11.1 Å². The van der Waals surface area contributed by atoms with Gasteiger partial charge in [-0.05, 0) is 77.2 Å². The topological polar surface area (TPSA) is 18.1 Å². The molecule has 0 bridgehead atoms. The molecule has 0 unspecified atom stereocenters. The molecule has 0 spiro atoms. The van der Waals surface area contributed by atoms with Crippen LogP contribution in [-0.2, 0) is 6.42 Å². The van der Waals surface area contributed by atoms with E-state index in [2.05, 4.69) is 132 Å². The molecule has 39 heavy (non-hydrogen) atoms. The van der Waals surface area contributed by atoms with E-state index in [1.54, 1.807) is 0 Å². The summed E-state index contributed by atoms with van der Waals surface area (Å²) in [4.78, 5) is 0. The molecular weight excluding hydrogens is 474 g/mol. The lowest BCUT2D eigenvalue weighted by atomic mass is 9.97. The zero-order valence-corrected chi connectivity index (χ0v) is 21.3. The zero-order chi connectivity index (χ0) is 25.8. The predicted octanol–water partition coefficient (Wildman–Crippen LogP) is 9.94. The minimum Gasteiger partial charge on any atom is -0.456 e. The van der Waals surface area contributed by atoms with Crippen LogP contribution in [0.15, 0.2) is 144 Å². The van der Waals surface area contributed by atoms with Crippen molar-refractivity contribution in [2.24, 2.45) is 0 Å². The van der Waals surface area contributed by atoms with E-state index >= 15 is 0 Å². The Morgan fingerprint density at radius 3 is 2.08 bits per heavy atom. The summed E-state index contributed by atoms with van der Waals surface area (Å²) in [5, 5.41) is 4.90. The van der Waals surface area contributed by atoms with Crippen molar-refractivity contribution in [3.63, 3.8) is 0 Å². The summed E-state index contributed by atoms with van der Waals surface area (Å²) in [6.45, 7) is 0. The van der Waals surface area contributed by atoms with Crippen LogP contribution in [-0.4, -0.2) is 4.57 Å². The fourth-order valence-electron chi connectivity index (χ4n) is 5.99. The molecule has 2 aromatic heterocycles. The Balaban J connectivity index is 1.18. The van der Waals surface area contributed by atoms with Crippen molar-refractivity contribution in [2.45, 2.75) is 6.42 Å². The van der Waals surface area contributed by atoms with Gasteiger partial charge in [0.2, 0.25) is 0 Å². The van der Waals surface area contributed by atoms with E-state index < -0.39 is 0 Å². The Kier molecular flexibility index (Phi) is 4.92. The third kappa shape index (κ3) is 3.65. The summed E-state index contributed by atoms with van der Waals surface area (Å²) in [5.74, 6) is 0. The number of aromatic nitrogens is 1. The molecule has 0 amide bonds. The zero-order valence-electron chi connectivity index (χ0n) is 21.3. The Bertz CT molecular complexity index is 2150. The van der Waals surface area contributed by atoms with Gasteiger partial charge in [0.05, 0.1) is 11.0 Å². The molecule has 0 N–H and O–H groups in total. The highest BCUT2D eigenvalue weighted by Gasteiger charge is 2.13. The van der Waals surface area contributed by atoms with Crippen molar-refractivity contribution in [3.05, 3.63) is 151 Å².